The number of hydrogen-bond acceptors (Lipinski definition) is 3. The van der Waals surface area contributed by atoms with Gasteiger partial charge in [0.05, 0.1) is 6.61 Å². The zero-order valence-corrected chi connectivity index (χ0v) is 9.30. The van der Waals surface area contributed by atoms with Crippen molar-refractivity contribution in [2.75, 3.05) is 0 Å². The van der Waals surface area contributed by atoms with Crippen molar-refractivity contribution in [3.63, 3.8) is 0 Å². The van der Waals surface area contributed by atoms with Gasteiger partial charge in [0.2, 0.25) is 5.88 Å². The largest absolute Gasteiger partial charge is 0.493 e. The van der Waals surface area contributed by atoms with E-state index in [1.54, 1.807) is 0 Å². The van der Waals surface area contributed by atoms with Gasteiger partial charge in [-0.05, 0) is 6.92 Å². The number of benzene rings is 1. The lowest BCUT2D eigenvalue weighted by atomic mass is 10.1. The smallest absolute Gasteiger partial charge is 0.331 e. The second-order valence-corrected chi connectivity index (χ2v) is 4.17. The Hall–Kier alpha value is -2.01. The van der Waals surface area contributed by atoms with Crippen molar-refractivity contribution >= 4 is 0 Å². The molecule has 1 aliphatic heterocycles. The minimum Gasteiger partial charge on any atom is -0.493 e. The van der Waals surface area contributed by atoms with Gasteiger partial charge in [-0.25, -0.2) is 4.79 Å². The normalized spacial score (nSPS) is 18.3. The van der Waals surface area contributed by atoms with Gasteiger partial charge in [0.1, 0.15) is 5.69 Å². The minimum atomic E-state index is -0.449. The molecule has 0 radical (unpaired) electrons. The van der Waals surface area contributed by atoms with E-state index >= 15 is 0 Å². The van der Waals surface area contributed by atoms with E-state index in [1.165, 1.54) is 4.57 Å². The number of nitrogens with zero attached hydrogens (tertiary/aromatic N) is 1. The Morgan fingerprint density at radius 3 is 2.82 bits per heavy atom. The monoisotopic (exact) mass is 232 g/mol. The van der Waals surface area contributed by atoms with Crippen LogP contribution in [0.15, 0.2) is 29.1 Å². The summed E-state index contributed by atoms with van der Waals surface area (Å²) >= 11 is 0. The molecule has 0 amide bonds. The van der Waals surface area contributed by atoms with Crippen LogP contribution in [0.25, 0.3) is 0 Å². The zero-order chi connectivity index (χ0) is 12.0. The molecule has 1 aliphatic rings. The molecule has 1 atom stereocenters. The maximum Gasteiger partial charge on any atom is 0.331 e. The molecule has 1 aromatic heterocycles. The number of hydrogen-bond donors (Lipinski definition) is 2. The lowest BCUT2D eigenvalue weighted by molar-refractivity contribution is 0.0600. The molecule has 88 valence electrons. The summed E-state index contributed by atoms with van der Waals surface area (Å²) in [6.07, 6.45) is -0.449. The topological polar surface area (TPSA) is 67.2 Å². The summed E-state index contributed by atoms with van der Waals surface area (Å²) in [5.41, 5.74) is 2.20. The predicted molar refractivity (Wildman–Crippen MR) is 60.8 cm³/mol. The fraction of sp³-hybridized carbons (Fsp3) is 0.250. The van der Waals surface area contributed by atoms with Gasteiger partial charge in [-0.3, -0.25) is 9.55 Å². The molecule has 2 heterocycles. The van der Waals surface area contributed by atoms with E-state index < -0.39 is 6.23 Å². The molecule has 0 bridgehead atoms. The van der Waals surface area contributed by atoms with Crippen LogP contribution >= 0.6 is 0 Å². The van der Waals surface area contributed by atoms with Crippen molar-refractivity contribution in [3.05, 3.63) is 51.6 Å². The predicted octanol–water partition coefficient (Wildman–Crippen LogP) is 1.27. The van der Waals surface area contributed by atoms with Gasteiger partial charge in [0, 0.05) is 5.56 Å². The number of rotatable bonds is 1. The number of aromatic amines is 1. The first-order valence-corrected chi connectivity index (χ1v) is 5.37. The van der Waals surface area contributed by atoms with E-state index in [4.69, 9.17) is 4.74 Å². The average Bonchev–Trinajstić information content (AvgIpc) is 2.84. The van der Waals surface area contributed by atoms with E-state index in [9.17, 15) is 9.90 Å². The third kappa shape index (κ3) is 1.47. The van der Waals surface area contributed by atoms with Gasteiger partial charge in [-0.1, -0.05) is 29.8 Å². The lowest BCUT2D eigenvalue weighted by Gasteiger charge is -2.11. The maximum atomic E-state index is 11.6. The number of fused-ring (bicyclic) bond motifs is 1. The van der Waals surface area contributed by atoms with Crippen LogP contribution in [0.1, 0.15) is 23.0 Å². The van der Waals surface area contributed by atoms with Crippen LogP contribution < -0.4 is 5.69 Å². The van der Waals surface area contributed by atoms with Crippen LogP contribution in [0.2, 0.25) is 0 Å². The number of ether oxygens (including phenoxy) is 1. The number of aromatic hydroxyl groups is 1. The second-order valence-electron chi connectivity index (χ2n) is 4.17. The molecule has 5 nitrogen and oxygen atoms in total. The molecule has 2 N–H and O–H groups in total. The Morgan fingerprint density at radius 1 is 1.41 bits per heavy atom. The number of imidazole rings is 1. The van der Waals surface area contributed by atoms with Gasteiger partial charge in [0.15, 0.2) is 6.23 Å². The van der Waals surface area contributed by atoms with Crippen LogP contribution in [0.4, 0.5) is 0 Å². The van der Waals surface area contributed by atoms with Crippen LogP contribution in [0.3, 0.4) is 0 Å². The van der Waals surface area contributed by atoms with Crippen LogP contribution in [-0.2, 0) is 11.3 Å². The van der Waals surface area contributed by atoms with E-state index in [0.29, 0.717) is 5.69 Å². The summed E-state index contributed by atoms with van der Waals surface area (Å²) in [5, 5.41) is 9.50. The molecule has 3 rings (SSSR count). The van der Waals surface area contributed by atoms with Crippen molar-refractivity contribution in [1.82, 2.24) is 9.55 Å². The quantitative estimate of drug-likeness (QED) is 0.778. The lowest BCUT2D eigenvalue weighted by Crippen LogP contribution is -2.21. The number of nitrogens with one attached hydrogen (secondary N) is 1. The average molecular weight is 232 g/mol. The highest BCUT2D eigenvalue weighted by atomic mass is 16.5. The van der Waals surface area contributed by atoms with E-state index in [-0.39, 0.29) is 18.2 Å². The molecule has 17 heavy (non-hydrogen) atoms. The van der Waals surface area contributed by atoms with Gasteiger partial charge >= 0.3 is 5.69 Å². The molecule has 0 fully saturated rings. The van der Waals surface area contributed by atoms with E-state index in [2.05, 4.69) is 4.98 Å². The van der Waals surface area contributed by atoms with Crippen molar-refractivity contribution in [2.45, 2.75) is 19.8 Å². The van der Waals surface area contributed by atoms with Crippen LogP contribution in [0, 0.1) is 6.92 Å². The second kappa shape index (κ2) is 3.49. The third-order valence-electron chi connectivity index (χ3n) is 2.98. The van der Waals surface area contributed by atoms with Crippen LogP contribution in [-0.4, -0.2) is 14.7 Å². The summed E-state index contributed by atoms with van der Waals surface area (Å²) in [5.74, 6) is -0.107. The Bertz CT molecular complexity index is 610. The standard InChI is InChI=1S/C12H12N2O3/c1-7-2-4-8(5-3-7)11-14-9(6-17-11)10(15)13-12(14)16/h2-5,11,15H,6H2,1H3,(H,13,16). The molecular weight excluding hydrogens is 220 g/mol. The summed E-state index contributed by atoms with van der Waals surface area (Å²) in [4.78, 5) is 14.0. The van der Waals surface area contributed by atoms with E-state index in [1.807, 2.05) is 31.2 Å². The molecule has 0 spiro atoms. The molecule has 0 aliphatic carbocycles. The van der Waals surface area contributed by atoms with Crippen molar-refractivity contribution in [2.24, 2.45) is 0 Å². The summed E-state index contributed by atoms with van der Waals surface area (Å²) in [6.45, 7) is 2.24. The molecular formula is C12H12N2O3. The Balaban J connectivity index is 2.09. The maximum absolute atomic E-state index is 11.6. The molecule has 1 unspecified atom stereocenters. The summed E-state index contributed by atoms with van der Waals surface area (Å²) in [6, 6.07) is 7.78. The Labute approximate surface area is 97.3 Å². The minimum absolute atomic E-state index is 0.107. The summed E-state index contributed by atoms with van der Waals surface area (Å²) in [7, 11) is 0. The number of aromatic nitrogens is 2. The molecule has 2 aromatic rings. The SMILES string of the molecule is Cc1ccc(C2OCc3c(O)[nH]c(=O)n32)cc1. The highest BCUT2D eigenvalue weighted by Gasteiger charge is 2.29. The van der Waals surface area contributed by atoms with Crippen molar-refractivity contribution < 1.29 is 9.84 Å². The Morgan fingerprint density at radius 2 is 2.12 bits per heavy atom. The number of aryl methyl sites for hydroxylation is 1. The molecule has 0 saturated heterocycles. The molecule has 5 heteroatoms. The first kappa shape index (κ1) is 10.2. The first-order valence-electron chi connectivity index (χ1n) is 5.37. The molecule has 0 saturated carbocycles. The van der Waals surface area contributed by atoms with E-state index in [0.717, 1.165) is 11.1 Å². The highest BCUT2D eigenvalue weighted by molar-refractivity contribution is 5.28. The third-order valence-corrected chi connectivity index (χ3v) is 2.98. The van der Waals surface area contributed by atoms with Gasteiger partial charge in [0.25, 0.3) is 0 Å². The zero-order valence-electron chi connectivity index (χ0n) is 9.30. The summed E-state index contributed by atoms with van der Waals surface area (Å²) < 4.78 is 6.98. The fourth-order valence-corrected chi connectivity index (χ4v) is 2.07. The van der Waals surface area contributed by atoms with Gasteiger partial charge in [-0.2, -0.15) is 0 Å². The number of H-pyrrole nitrogens is 1. The molecule has 1 aromatic carbocycles. The van der Waals surface area contributed by atoms with Crippen molar-refractivity contribution in [3.8, 4) is 5.88 Å². The van der Waals surface area contributed by atoms with Crippen LogP contribution in [0.5, 0.6) is 5.88 Å². The van der Waals surface area contributed by atoms with Gasteiger partial charge in [-0.15, -0.1) is 0 Å². The highest BCUT2D eigenvalue weighted by Crippen LogP contribution is 2.31. The van der Waals surface area contributed by atoms with Gasteiger partial charge < -0.3 is 9.84 Å². The Kier molecular flexibility index (Phi) is 2.09. The first-order chi connectivity index (χ1) is 8.16. The van der Waals surface area contributed by atoms with Crippen molar-refractivity contribution in [1.29, 1.82) is 0 Å². The fourth-order valence-electron chi connectivity index (χ4n) is 2.07.